The van der Waals surface area contributed by atoms with Crippen molar-refractivity contribution in [2.45, 2.75) is 31.5 Å². The number of anilines is 3. The van der Waals surface area contributed by atoms with Gasteiger partial charge in [-0.3, -0.25) is 14.4 Å². The van der Waals surface area contributed by atoms with Crippen LogP contribution >= 0.6 is 15.9 Å². The Labute approximate surface area is 272 Å². The summed E-state index contributed by atoms with van der Waals surface area (Å²) in [6, 6.07) is 37.2. The average Bonchev–Trinajstić information content (AvgIpc) is 3.04. The molecular formula is C36H32BrN3O4S. The predicted molar refractivity (Wildman–Crippen MR) is 182 cm³/mol. The first kappa shape index (κ1) is 30.4. The molecule has 0 aromatic heterocycles. The fourth-order valence-corrected chi connectivity index (χ4v) is 7.10. The van der Waals surface area contributed by atoms with E-state index in [2.05, 4.69) is 25.6 Å². The van der Waals surface area contributed by atoms with Crippen molar-refractivity contribution in [3.8, 4) is 5.75 Å². The van der Waals surface area contributed by atoms with Gasteiger partial charge in [-0.15, -0.1) is 0 Å². The lowest BCUT2D eigenvalue weighted by Crippen LogP contribution is -2.49. The number of amides is 1. The smallest absolute Gasteiger partial charge is 0.262 e. The molecule has 45 heavy (non-hydrogen) atoms. The third-order valence-corrected chi connectivity index (χ3v) is 9.79. The molecule has 1 aliphatic rings. The highest BCUT2D eigenvalue weighted by Gasteiger charge is 2.41. The first-order valence-electron chi connectivity index (χ1n) is 14.6. The predicted octanol–water partition coefficient (Wildman–Crippen LogP) is 8.32. The molecule has 1 aliphatic heterocycles. The molecule has 9 heteroatoms. The van der Waals surface area contributed by atoms with E-state index in [0.717, 1.165) is 21.2 Å². The molecule has 0 saturated carbocycles. The van der Waals surface area contributed by atoms with Crippen LogP contribution in [-0.4, -0.2) is 20.9 Å². The molecule has 0 bridgehead atoms. The van der Waals surface area contributed by atoms with E-state index in [0.29, 0.717) is 41.5 Å². The quantitative estimate of drug-likeness (QED) is 0.169. The summed E-state index contributed by atoms with van der Waals surface area (Å²) in [5.41, 5.74) is 5.06. The van der Waals surface area contributed by atoms with Crippen molar-refractivity contribution >= 4 is 48.9 Å². The number of carbonyl (C=O) groups excluding carboxylic acids is 1. The van der Waals surface area contributed by atoms with Crippen LogP contribution < -0.4 is 19.3 Å². The van der Waals surface area contributed by atoms with Gasteiger partial charge in [-0.05, 0) is 80.1 Å². The maximum atomic E-state index is 14.6. The number of ether oxygens (including phenoxy) is 1. The summed E-state index contributed by atoms with van der Waals surface area (Å²) >= 11 is 3.74. The number of nitrogens with zero attached hydrogens (tertiary/aromatic N) is 2. The van der Waals surface area contributed by atoms with Gasteiger partial charge < -0.3 is 9.64 Å². The molecule has 5 aromatic carbocycles. The van der Waals surface area contributed by atoms with Crippen molar-refractivity contribution in [3.63, 3.8) is 0 Å². The van der Waals surface area contributed by atoms with Gasteiger partial charge in [-0.2, -0.15) is 0 Å². The average molecular weight is 683 g/mol. The van der Waals surface area contributed by atoms with Crippen molar-refractivity contribution in [1.29, 1.82) is 0 Å². The van der Waals surface area contributed by atoms with Crippen LogP contribution in [0.1, 0.15) is 40.1 Å². The first-order valence-corrected chi connectivity index (χ1v) is 16.9. The molecule has 0 unspecified atom stereocenters. The summed E-state index contributed by atoms with van der Waals surface area (Å²) in [6.07, 6.45) is -0.520. The third kappa shape index (κ3) is 6.32. The standard InChI is InChI=1S/C36H32BrN3O4S/c1-3-44-29-19-15-27(16-20-29)38-45(42,43)30-21-22-34-32(23-30)36(41)40(28-17-13-25(2)14-18-28)35(31-11-7-8-12-33(31)37)39(34)24-26-9-5-4-6-10-26/h4-23,35,38H,3,24H2,1-2H3/t35-/m0/s1. The molecule has 1 N–H and O–H groups in total. The summed E-state index contributed by atoms with van der Waals surface area (Å²) in [6.45, 7) is 4.87. The van der Waals surface area contributed by atoms with Crippen LogP contribution in [0, 0.1) is 6.92 Å². The molecule has 0 aliphatic carbocycles. The highest BCUT2D eigenvalue weighted by Crippen LogP contribution is 2.44. The molecule has 1 atom stereocenters. The maximum Gasteiger partial charge on any atom is 0.262 e. The summed E-state index contributed by atoms with van der Waals surface area (Å²) in [5, 5.41) is 0. The Morgan fingerprint density at radius 2 is 1.53 bits per heavy atom. The van der Waals surface area contributed by atoms with Crippen LogP contribution in [0.4, 0.5) is 17.1 Å². The minimum atomic E-state index is -4.02. The summed E-state index contributed by atoms with van der Waals surface area (Å²) in [7, 11) is -4.02. The second kappa shape index (κ2) is 12.8. The van der Waals surface area contributed by atoms with E-state index in [1.807, 2.05) is 92.7 Å². The van der Waals surface area contributed by atoms with Gasteiger partial charge in [-0.25, -0.2) is 8.42 Å². The zero-order valence-corrected chi connectivity index (χ0v) is 27.3. The van der Waals surface area contributed by atoms with Crippen molar-refractivity contribution in [3.05, 3.63) is 148 Å². The third-order valence-electron chi connectivity index (χ3n) is 7.69. The molecule has 7 nitrogen and oxygen atoms in total. The number of halogens is 1. The van der Waals surface area contributed by atoms with Gasteiger partial charge in [0.2, 0.25) is 0 Å². The van der Waals surface area contributed by atoms with Gasteiger partial charge in [0, 0.05) is 28.0 Å². The Morgan fingerprint density at radius 3 is 2.22 bits per heavy atom. The van der Waals surface area contributed by atoms with E-state index < -0.39 is 16.2 Å². The number of sulfonamides is 1. The molecule has 5 aromatic rings. The van der Waals surface area contributed by atoms with E-state index in [-0.39, 0.29) is 10.8 Å². The summed E-state index contributed by atoms with van der Waals surface area (Å²) < 4.78 is 36.2. The summed E-state index contributed by atoms with van der Waals surface area (Å²) in [4.78, 5) is 18.5. The number of fused-ring (bicyclic) bond motifs is 1. The van der Waals surface area contributed by atoms with Crippen molar-refractivity contribution in [1.82, 2.24) is 0 Å². The number of benzene rings is 5. The SMILES string of the molecule is CCOc1ccc(NS(=O)(=O)c2ccc3c(c2)C(=O)N(c2ccc(C)cc2)[C@@H](c2ccccc2Br)N3Cc2ccccc2)cc1. The Bertz CT molecular complexity index is 1930. The van der Waals surface area contributed by atoms with Gasteiger partial charge in [0.15, 0.2) is 0 Å². The number of aryl methyl sites for hydroxylation is 1. The Morgan fingerprint density at radius 1 is 0.844 bits per heavy atom. The van der Waals surface area contributed by atoms with Gasteiger partial charge in [0.1, 0.15) is 11.9 Å². The number of rotatable bonds is 9. The van der Waals surface area contributed by atoms with E-state index in [1.165, 1.54) is 6.07 Å². The second-order valence-electron chi connectivity index (χ2n) is 10.8. The Hall–Kier alpha value is -4.60. The van der Waals surface area contributed by atoms with Gasteiger partial charge >= 0.3 is 0 Å². The lowest BCUT2D eigenvalue weighted by Gasteiger charge is -2.46. The Kier molecular flexibility index (Phi) is 8.65. The molecule has 1 heterocycles. The molecule has 228 valence electrons. The zero-order valence-electron chi connectivity index (χ0n) is 24.9. The van der Waals surface area contributed by atoms with E-state index >= 15 is 0 Å². The highest BCUT2D eigenvalue weighted by molar-refractivity contribution is 9.10. The van der Waals surface area contributed by atoms with E-state index in [1.54, 1.807) is 41.3 Å². The number of hydrogen-bond donors (Lipinski definition) is 1. The molecular weight excluding hydrogens is 650 g/mol. The monoisotopic (exact) mass is 681 g/mol. The maximum absolute atomic E-state index is 14.6. The fourth-order valence-electron chi connectivity index (χ4n) is 5.52. The van der Waals surface area contributed by atoms with Crippen LogP contribution in [0.2, 0.25) is 0 Å². The molecule has 0 saturated heterocycles. The van der Waals surface area contributed by atoms with E-state index in [9.17, 15) is 13.2 Å². The van der Waals surface area contributed by atoms with Crippen molar-refractivity contribution < 1.29 is 17.9 Å². The van der Waals surface area contributed by atoms with Gasteiger partial charge in [0.25, 0.3) is 15.9 Å². The van der Waals surface area contributed by atoms with E-state index in [4.69, 9.17) is 4.74 Å². The van der Waals surface area contributed by atoms with Crippen LogP contribution in [0.25, 0.3) is 0 Å². The molecule has 1 amide bonds. The van der Waals surface area contributed by atoms with Crippen molar-refractivity contribution in [2.24, 2.45) is 0 Å². The Balaban J connectivity index is 1.49. The second-order valence-corrected chi connectivity index (χ2v) is 13.3. The largest absolute Gasteiger partial charge is 0.494 e. The van der Waals surface area contributed by atoms with Gasteiger partial charge in [0.05, 0.1) is 22.8 Å². The lowest BCUT2D eigenvalue weighted by molar-refractivity contribution is 0.0968. The fraction of sp³-hybridized carbons (Fsp3) is 0.139. The number of carbonyl (C=O) groups is 1. The first-order chi connectivity index (χ1) is 21.7. The van der Waals surface area contributed by atoms with Crippen LogP contribution in [-0.2, 0) is 16.6 Å². The minimum absolute atomic E-state index is 0.00802. The number of hydrogen-bond acceptors (Lipinski definition) is 5. The number of nitrogens with one attached hydrogen (secondary N) is 1. The molecule has 0 spiro atoms. The van der Waals surface area contributed by atoms with Crippen LogP contribution in [0.5, 0.6) is 5.75 Å². The normalized spacial score (nSPS) is 14.6. The zero-order chi connectivity index (χ0) is 31.6. The van der Waals surface area contributed by atoms with Crippen LogP contribution in [0.3, 0.4) is 0 Å². The summed E-state index contributed by atoms with van der Waals surface area (Å²) in [5.74, 6) is 0.353. The van der Waals surface area contributed by atoms with Gasteiger partial charge in [-0.1, -0.05) is 82.2 Å². The lowest BCUT2D eigenvalue weighted by atomic mass is 9.99. The molecule has 0 radical (unpaired) electrons. The topological polar surface area (TPSA) is 78.9 Å². The minimum Gasteiger partial charge on any atom is -0.494 e. The molecule has 0 fully saturated rings. The highest BCUT2D eigenvalue weighted by atomic mass is 79.9. The molecule has 6 rings (SSSR count). The van der Waals surface area contributed by atoms with Crippen LogP contribution in [0.15, 0.2) is 131 Å². The van der Waals surface area contributed by atoms with Crippen molar-refractivity contribution in [2.75, 3.05) is 21.1 Å².